The van der Waals surface area contributed by atoms with Crippen LogP contribution in [0.3, 0.4) is 0 Å². The van der Waals surface area contributed by atoms with Gasteiger partial charge in [0.1, 0.15) is 0 Å². The molecule has 1 aromatic rings. The molecule has 2 aliphatic heterocycles. The van der Waals surface area contributed by atoms with E-state index in [1.165, 1.54) is 0 Å². The molecule has 132 valence electrons. The van der Waals surface area contributed by atoms with E-state index in [4.69, 9.17) is 0 Å². The lowest BCUT2D eigenvalue weighted by atomic mass is 9.95. The zero-order chi connectivity index (χ0) is 18.0. The lowest BCUT2D eigenvalue weighted by molar-refractivity contribution is -0.137. The molecule has 2 atom stereocenters. The van der Waals surface area contributed by atoms with Gasteiger partial charge in [0.2, 0.25) is 23.6 Å². The maximum absolute atomic E-state index is 12.3. The van der Waals surface area contributed by atoms with Crippen LogP contribution in [0.4, 0.5) is 5.69 Å². The van der Waals surface area contributed by atoms with Crippen molar-refractivity contribution < 1.29 is 19.2 Å². The highest BCUT2D eigenvalue weighted by Crippen LogP contribution is 2.21. The molecule has 2 heterocycles. The first-order chi connectivity index (χ1) is 11.9. The van der Waals surface area contributed by atoms with Gasteiger partial charge in [-0.2, -0.15) is 0 Å². The lowest BCUT2D eigenvalue weighted by Crippen LogP contribution is -2.39. The third-order valence-corrected chi connectivity index (χ3v) is 4.80. The second-order valence-corrected chi connectivity index (χ2v) is 6.71. The van der Waals surface area contributed by atoms with Gasteiger partial charge in [0.15, 0.2) is 0 Å². The molecule has 0 spiro atoms. The van der Waals surface area contributed by atoms with E-state index < -0.39 is 0 Å². The summed E-state index contributed by atoms with van der Waals surface area (Å²) in [7, 11) is 1.74. The van der Waals surface area contributed by atoms with Crippen molar-refractivity contribution in [3.63, 3.8) is 0 Å². The van der Waals surface area contributed by atoms with Crippen molar-refractivity contribution in [1.82, 2.24) is 10.2 Å². The molecule has 7 heteroatoms. The molecule has 0 saturated carbocycles. The molecule has 0 radical (unpaired) electrons. The van der Waals surface area contributed by atoms with Crippen LogP contribution in [0.15, 0.2) is 24.3 Å². The van der Waals surface area contributed by atoms with Gasteiger partial charge in [-0.15, -0.1) is 0 Å². The molecule has 0 aromatic heterocycles. The van der Waals surface area contributed by atoms with Crippen LogP contribution in [0.2, 0.25) is 0 Å². The van der Waals surface area contributed by atoms with Crippen LogP contribution >= 0.6 is 0 Å². The topological polar surface area (TPSA) is 95.6 Å². The summed E-state index contributed by atoms with van der Waals surface area (Å²) < 4.78 is 0. The first kappa shape index (κ1) is 17.1. The zero-order valence-electron chi connectivity index (χ0n) is 14.1. The number of nitrogens with one attached hydrogen (secondary N) is 2. The smallest absolute Gasteiger partial charge is 0.230 e. The van der Waals surface area contributed by atoms with Gasteiger partial charge in [0, 0.05) is 38.0 Å². The van der Waals surface area contributed by atoms with Gasteiger partial charge in [0.25, 0.3) is 0 Å². The Bertz CT molecular complexity index is 714. The summed E-state index contributed by atoms with van der Waals surface area (Å²) in [6, 6.07) is 7.23. The van der Waals surface area contributed by atoms with Crippen molar-refractivity contribution >= 4 is 29.3 Å². The Balaban J connectivity index is 1.55. The van der Waals surface area contributed by atoms with Crippen LogP contribution in [-0.4, -0.2) is 42.1 Å². The van der Waals surface area contributed by atoms with Crippen molar-refractivity contribution in [2.75, 3.05) is 18.9 Å². The lowest BCUT2D eigenvalue weighted by Gasteiger charge is -2.27. The number of amides is 4. The van der Waals surface area contributed by atoms with E-state index in [0.717, 1.165) is 5.56 Å². The van der Waals surface area contributed by atoms with Crippen molar-refractivity contribution in [3.05, 3.63) is 29.8 Å². The van der Waals surface area contributed by atoms with Crippen molar-refractivity contribution in [2.24, 2.45) is 11.8 Å². The molecule has 0 bridgehead atoms. The van der Waals surface area contributed by atoms with Crippen LogP contribution in [0.5, 0.6) is 0 Å². The molecular weight excluding hydrogens is 322 g/mol. The van der Waals surface area contributed by atoms with Crippen LogP contribution < -0.4 is 10.6 Å². The van der Waals surface area contributed by atoms with Crippen molar-refractivity contribution in [2.45, 2.75) is 25.7 Å². The number of rotatable bonds is 4. The summed E-state index contributed by atoms with van der Waals surface area (Å²) in [5.74, 6) is -1.23. The van der Waals surface area contributed by atoms with Crippen molar-refractivity contribution in [3.8, 4) is 0 Å². The fourth-order valence-corrected chi connectivity index (χ4v) is 3.19. The van der Waals surface area contributed by atoms with E-state index in [2.05, 4.69) is 10.6 Å². The van der Waals surface area contributed by atoms with E-state index in [-0.39, 0.29) is 48.3 Å². The summed E-state index contributed by atoms with van der Waals surface area (Å²) in [5.41, 5.74) is 1.59. The summed E-state index contributed by atoms with van der Waals surface area (Å²) in [6.07, 6.45) is 1.62. The predicted octanol–water partition coefficient (Wildman–Crippen LogP) is 0.699. The quantitative estimate of drug-likeness (QED) is 0.787. The number of benzene rings is 1. The summed E-state index contributed by atoms with van der Waals surface area (Å²) in [4.78, 5) is 48.5. The number of nitrogens with zero attached hydrogens (tertiary/aromatic N) is 1. The van der Waals surface area contributed by atoms with E-state index >= 15 is 0 Å². The average Bonchev–Trinajstić information content (AvgIpc) is 2.89. The van der Waals surface area contributed by atoms with Gasteiger partial charge < -0.3 is 10.2 Å². The van der Waals surface area contributed by atoms with Gasteiger partial charge in [-0.25, -0.2) is 0 Å². The SMILES string of the molecule is CN1CC[C@H](C(=O)Nc2ccc(C[C@H]3CC(=O)NC3=O)cc2)CC1=O. The molecule has 2 aliphatic rings. The Morgan fingerprint density at radius 1 is 1.20 bits per heavy atom. The second-order valence-electron chi connectivity index (χ2n) is 6.71. The fourth-order valence-electron chi connectivity index (χ4n) is 3.19. The van der Waals surface area contributed by atoms with Crippen LogP contribution in [0, 0.1) is 11.8 Å². The first-order valence-electron chi connectivity index (χ1n) is 8.40. The average molecular weight is 343 g/mol. The van der Waals surface area contributed by atoms with Crippen LogP contribution in [0.25, 0.3) is 0 Å². The third-order valence-electron chi connectivity index (χ3n) is 4.80. The Morgan fingerprint density at radius 3 is 2.52 bits per heavy atom. The fraction of sp³-hybridized carbons (Fsp3) is 0.444. The zero-order valence-corrected chi connectivity index (χ0v) is 14.1. The maximum Gasteiger partial charge on any atom is 0.230 e. The third kappa shape index (κ3) is 4.04. The predicted molar refractivity (Wildman–Crippen MR) is 90.4 cm³/mol. The van der Waals surface area contributed by atoms with E-state index in [9.17, 15) is 19.2 Å². The minimum absolute atomic E-state index is 0.00821. The molecule has 2 N–H and O–H groups in total. The van der Waals surface area contributed by atoms with Crippen LogP contribution in [0.1, 0.15) is 24.8 Å². The number of hydrogen-bond acceptors (Lipinski definition) is 4. The number of imide groups is 1. The minimum atomic E-state index is -0.321. The summed E-state index contributed by atoms with van der Waals surface area (Å²) >= 11 is 0. The van der Waals surface area contributed by atoms with E-state index in [1.54, 1.807) is 24.1 Å². The minimum Gasteiger partial charge on any atom is -0.346 e. The van der Waals surface area contributed by atoms with E-state index in [1.807, 2.05) is 12.1 Å². The molecule has 25 heavy (non-hydrogen) atoms. The molecule has 3 rings (SSSR count). The Labute approximate surface area is 145 Å². The molecule has 1 aromatic carbocycles. The summed E-state index contributed by atoms with van der Waals surface area (Å²) in [5, 5.41) is 5.14. The Hall–Kier alpha value is -2.70. The monoisotopic (exact) mass is 343 g/mol. The molecule has 2 fully saturated rings. The Kier molecular flexibility index (Phi) is 4.83. The normalized spacial score (nSPS) is 23.6. The number of piperidine rings is 1. The highest BCUT2D eigenvalue weighted by atomic mass is 16.2. The number of likely N-dealkylation sites (tertiary alicyclic amines) is 1. The maximum atomic E-state index is 12.3. The second kappa shape index (κ2) is 7.04. The Morgan fingerprint density at radius 2 is 1.92 bits per heavy atom. The van der Waals surface area contributed by atoms with Gasteiger partial charge >= 0.3 is 0 Å². The molecule has 7 nitrogen and oxygen atoms in total. The van der Waals surface area contributed by atoms with Gasteiger partial charge in [-0.3, -0.25) is 24.5 Å². The molecule has 2 saturated heterocycles. The van der Waals surface area contributed by atoms with E-state index in [0.29, 0.717) is 25.1 Å². The van der Waals surface area contributed by atoms with Gasteiger partial charge in [-0.1, -0.05) is 12.1 Å². The standard InChI is InChI=1S/C18H21N3O4/c1-21-7-6-12(10-16(21)23)17(24)19-14-4-2-11(3-5-14)8-13-9-15(22)20-18(13)25/h2-5,12-13H,6-10H2,1H3,(H,19,24)(H,20,22,25)/t12-,13-/m0/s1. The largest absolute Gasteiger partial charge is 0.346 e. The highest BCUT2D eigenvalue weighted by Gasteiger charge is 2.30. The number of carbonyl (C=O) groups excluding carboxylic acids is 4. The van der Waals surface area contributed by atoms with Crippen LogP contribution in [-0.2, 0) is 25.6 Å². The number of anilines is 1. The van der Waals surface area contributed by atoms with Gasteiger partial charge in [0.05, 0.1) is 5.92 Å². The first-order valence-corrected chi connectivity index (χ1v) is 8.40. The molecule has 0 unspecified atom stereocenters. The molecular formula is C18H21N3O4. The number of carbonyl (C=O) groups is 4. The summed E-state index contributed by atoms with van der Waals surface area (Å²) in [6.45, 7) is 0.595. The van der Waals surface area contributed by atoms with Gasteiger partial charge in [-0.05, 0) is 30.5 Å². The molecule has 0 aliphatic carbocycles. The van der Waals surface area contributed by atoms with Crippen molar-refractivity contribution in [1.29, 1.82) is 0 Å². The number of hydrogen-bond donors (Lipinski definition) is 2. The molecule has 4 amide bonds. The highest BCUT2D eigenvalue weighted by molar-refractivity contribution is 6.03.